The normalized spacial score (nSPS) is 12.4. The van der Waals surface area contributed by atoms with Crippen molar-refractivity contribution < 1.29 is 14.0 Å². The molecule has 0 aliphatic heterocycles. The molecule has 2 aromatic rings. The Bertz CT molecular complexity index is 848. The van der Waals surface area contributed by atoms with Crippen LogP contribution in [0, 0.1) is 5.82 Å². The van der Waals surface area contributed by atoms with E-state index in [0.29, 0.717) is 5.56 Å². The molecule has 0 radical (unpaired) electrons. The molecule has 150 valence electrons. The average molecular weight is 449 g/mol. The predicted molar refractivity (Wildman–Crippen MR) is 112 cm³/mol. The van der Waals surface area contributed by atoms with Gasteiger partial charge in [-0.1, -0.05) is 46.3 Å². The maximum Gasteiger partial charge on any atom is 0.242 e. The van der Waals surface area contributed by atoms with Gasteiger partial charge in [0.15, 0.2) is 0 Å². The van der Waals surface area contributed by atoms with Crippen molar-refractivity contribution in [1.82, 2.24) is 10.2 Å². The van der Waals surface area contributed by atoms with Crippen molar-refractivity contribution in [2.75, 3.05) is 0 Å². The highest BCUT2D eigenvalue weighted by molar-refractivity contribution is 9.10. The number of hydrogen-bond acceptors (Lipinski definition) is 2. The zero-order chi connectivity index (χ0) is 20.9. The van der Waals surface area contributed by atoms with Crippen LogP contribution in [-0.2, 0) is 22.6 Å². The molecule has 0 fully saturated rings. The summed E-state index contributed by atoms with van der Waals surface area (Å²) in [6.07, 6.45) is -0.103. The van der Waals surface area contributed by atoms with Crippen LogP contribution in [0.2, 0.25) is 0 Å². The first-order valence-corrected chi connectivity index (χ1v) is 9.95. The summed E-state index contributed by atoms with van der Waals surface area (Å²) in [5.74, 6) is -0.976. The van der Waals surface area contributed by atoms with Crippen LogP contribution in [0.25, 0.3) is 0 Å². The molecule has 0 spiro atoms. The van der Waals surface area contributed by atoms with E-state index in [1.165, 1.54) is 11.0 Å². The molecule has 0 bridgehead atoms. The summed E-state index contributed by atoms with van der Waals surface area (Å²) in [6.45, 7) is 7.61. The Labute approximate surface area is 174 Å². The molecule has 1 atom stereocenters. The molecule has 0 saturated heterocycles. The van der Waals surface area contributed by atoms with Crippen LogP contribution < -0.4 is 5.32 Å². The van der Waals surface area contributed by atoms with Crippen LogP contribution in [0.3, 0.4) is 0 Å². The number of halogens is 2. The smallest absolute Gasteiger partial charge is 0.242 e. The molecule has 4 nitrogen and oxygen atoms in total. The minimum absolute atomic E-state index is 0.103. The lowest BCUT2D eigenvalue weighted by molar-refractivity contribution is -0.140. The maximum atomic E-state index is 14.0. The fourth-order valence-corrected chi connectivity index (χ4v) is 3.24. The molecule has 1 N–H and O–H groups in total. The van der Waals surface area contributed by atoms with Gasteiger partial charge < -0.3 is 10.2 Å². The highest BCUT2D eigenvalue weighted by Crippen LogP contribution is 2.17. The van der Waals surface area contributed by atoms with Crippen molar-refractivity contribution in [2.45, 2.75) is 52.2 Å². The highest BCUT2D eigenvalue weighted by atomic mass is 79.9. The summed E-state index contributed by atoms with van der Waals surface area (Å²) < 4.78 is 14.9. The van der Waals surface area contributed by atoms with E-state index < -0.39 is 17.4 Å². The first-order valence-electron chi connectivity index (χ1n) is 9.16. The standard InChI is InChI=1S/C22H26BrFN2O2/c1-15(21(28)25-22(2,3)4)26(14-16-8-7-10-18(23)12-16)20(27)13-17-9-5-6-11-19(17)24/h5-12,15H,13-14H2,1-4H3,(H,25,28)/t15-/m1/s1. The second kappa shape index (κ2) is 9.32. The van der Waals surface area contributed by atoms with Crippen molar-refractivity contribution in [3.8, 4) is 0 Å². The number of benzene rings is 2. The van der Waals surface area contributed by atoms with Crippen LogP contribution in [0.5, 0.6) is 0 Å². The third-order valence-electron chi connectivity index (χ3n) is 4.21. The first kappa shape index (κ1) is 22.1. The van der Waals surface area contributed by atoms with Crippen LogP contribution in [0.1, 0.15) is 38.8 Å². The third-order valence-corrected chi connectivity index (χ3v) is 4.70. The Hall–Kier alpha value is -2.21. The van der Waals surface area contributed by atoms with Crippen molar-refractivity contribution in [2.24, 2.45) is 0 Å². The number of nitrogens with one attached hydrogen (secondary N) is 1. The molecule has 0 unspecified atom stereocenters. The highest BCUT2D eigenvalue weighted by Gasteiger charge is 2.28. The fourth-order valence-electron chi connectivity index (χ4n) is 2.79. The zero-order valence-corrected chi connectivity index (χ0v) is 18.2. The second-order valence-corrected chi connectivity index (χ2v) is 8.75. The molecule has 0 aliphatic carbocycles. The summed E-state index contributed by atoms with van der Waals surface area (Å²) in [5, 5.41) is 2.91. The minimum Gasteiger partial charge on any atom is -0.350 e. The molecule has 6 heteroatoms. The lowest BCUT2D eigenvalue weighted by atomic mass is 10.1. The number of nitrogens with zero attached hydrogens (tertiary/aromatic N) is 1. The topological polar surface area (TPSA) is 49.4 Å². The van der Waals surface area contributed by atoms with Gasteiger partial charge in [-0.3, -0.25) is 9.59 Å². The zero-order valence-electron chi connectivity index (χ0n) is 16.6. The molecule has 28 heavy (non-hydrogen) atoms. The molecule has 2 rings (SSSR count). The van der Waals surface area contributed by atoms with Crippen LogP contribution in [0.15, 0.2) is 53.0 Å². The quantitative estimate of drug-likeness (QED) is 0.708. The molecule has 0 saturated carbocycles. The van der Waals surface area contributed by atoms with E-state index in [-0.39, 0.29) is 24.8 Å². The molecular formula is C22H26BrFN2O2. The molecule has 0 aliphatic rings. The Morgan fingerprint density at radius 1 is 1.14 bits per heavy atom. The van der Waals surface area contributed by atoms with Gasteiger partial charge in [0.25, 0.3) is 0 Å². The van der Waals surface area contributed by atoms with Gasteiger partial charge in [0.1, 0.15) is 11.9 Å². The Balaban J connectivity index is 2.27. The van der Waals surface area contributed by atoms with Crippen molar-refractivity contribution in [3.05, 3.63) is 69.9 Å². The number of carbonyl (C=O) groups excluding carboxylic acids is 2. The van der Waals surface area contributed by atoms with E-state index in [9.17, 15) is 14.0 Å². The number of hydrogen-bond donors (Lipinski definition) is 1. The first-order chi connectivity index (χ1) is 13.1. The van der Waals surface area contributed by atoms with Gasteiger partial charge in [0, 0.05) is 16.6 Å². The maximum absolute atomic E-state index is 14.0. The van der Waals surface area contributed by atoms with E-state index >= 15 is 0 Å². The monoisotopic (exact) mass is 448 g/mol. The van der Waals surface area contributed by atoms with Gasteiger partial charge in [-0.25, -0.2) is 4.39 Å². The second-order valence-electron chi connectivity index (χ2n) is 7.83. The van der Waals surface area contributed by atoms with E-state index in [1.807, 2.05) is 45.0 Å². The molecule has 2 aromatic carbocycles. The third kappa shape index (κ3) is 6.44. The summed E-state index contributed by atoms with van der Waals surface area (Å²) in [5.41, 5.74) is 0.781. The fraction of sp³-hybridized carbons (Fsp3) is 0.364. The van der Waals surface area contributed by atoms with Gasteiger partial charge in [0.2, 0.25) is 11.8 Å². The predicted octanol–water partition coefficient (Wildman–Crippen LogP) is 4.46. The lowest BCUT2D eigenvalue weighted by Gasteiger charge is -2.31. The van der Waals surface area contributed by atoms with E-state index in [4.69, 9.17) is 0 Å². The van der Waals surface area contributed by atoms with Crippen LogP contribution in [0.4, 0.5) is 4.39 Å². The van der Waals surface area contributed by atoms with Gasteiger partial charge in [-0.2, -0.15) is 0 Å². The molecular weight excluding hydrogens is 423 g/mol. The SMILES string of the molecule is C[C@H](C(=O)NC(C)(C)C)N(Cc1cccc(Br)c1)C(=O)Cc1ccccc1F. The Kier molecular flexibility index (Phi) is 7.35. The summed E-state index contributed by atoms with van der Waals surface area (Å²) in [6, 6.07) is 13.1. The van der Waals surface area contributed by atoms with Gasteiger partial charge in [-0.15, -0.1) is 0 Å². The Morgan fingerprint density at radius 3 is 2.43 bits per heavy atom. The lowest BCUT2D eigenvalue weighted by Crippen LogP contribution is -2.52. The van der Waals surface area contributed by atoms with E-state index in [2.05, 4.69) is 21.2 Å². The summed E-state index contributed by atoms with van der Waals surface area (Å²) >= 11 is 3.43. The Morgan fingerprint density at radius 2 is 1.82 bits per heavy atom. The van der Waals surface area contributed by atoms with Crippen molar-refractivity contribution >= 4 is 27.7 Å². The minimum atomic E-state index is -0.697. The molecule has 0 aromatic heterocycles. The molecule has 2 amide bonds. The van der Waals surface area contributed by atoms with Gasteiger partial charge >= 0.3 is 0 Å². The number of amides is 2. The van der Waals surface area contributed by atoms with Crippen molar-refractivity contribution in [1.29, 1.82) is 0 Å². The molecule has 0 heterocycles. The number of carbonyl (C=O) groups is 2. The number of rotatable bonds is 6. The largest absolute Gasteiger partial charge is 0.350 e. The van der Waals surface area contributed by atoms with Gasteiger partial charge in [-0.05, 0) is 57.0 Å². The van der Waals surface area contributed by atoms with Crippen LogP contribution in [-0.4, -0.2) is 28.3 Å². The van der Waals surface area contributed by atoms with E-state index in [1.54, 1.807) is 25.1 Å². The van der Waals surface area contributed by atoms with Crippen molar-refractivity contribution in [3.63, 3.8) is 0 Å². The van der Waals surface area contributed by atoms with Gasteiger partial charge in [0.05, 0.1) is 6.42 Å². The average Bonchev–Trinajstić information content (AvgIpc) is 2.59. The summed E-state index contributed by atoms with van der Waals surface area (Å²) in [4.78, 5) is 27.2. The summed E-state index contributed by atoms with van der Waals surface area (Å²) in [7, 11) is 0. The van der Waals surface area contributed by atoms with E-state index in [0.717, 1.165) is 10.0 Å². The van der Waals surface area contributed by atoms with Crippen LogP contribution >= 0.6 is 15.9 Å².